The van der Waals surface area contributed by atoms with E-state index in [2.05, 4.69) is 4.90 Å². The summed E-state index contributed by atoms with van der Waals surface area (Å²) in [6.45, 7) is 3.58. The third-order valence-electron chi connectivity index (χ3n) is 5.46. The number of nitrogens with zero attached hydrogens (tertiary/aromatic N) is 3. The van der Waals surface area contributed by atoms with Crippen molar-refractivity contribution >= 4 is 21.7 Å². The lowest BCUT2D eigenvalue weighted by Crippen LogP contribution is -2.61. The molecular weight excluding hydrogens is 346 g/mol. The van der Waals surface area contributed by atoms with E-state index in [1.54, 1.807) is 16.9 Å². The van der Waals surface area contributed by atoms with Crippen molar-refractivity contribution in [3.63, 3.8) is 0 Å². The van der Waals surface area contributed by atoms with Crippen molar-refractivity contribution < 1.29 is 22.7 Å². The molecule has 0 aromatic carbocycles. The molecule has 8 nitrogen and oxygen atoms in total. The average Bonchev–Trinajstić information content (AvgIpc) is 3.11. The molecule has 0 aliphatic carbocycles. The molecule has 0 aromatic heterocycles. The van der Waals surface area contributed by atoms with Crippen LogP contribution in [-0.4, -0.2) is 105 Å². The Hall–Kier alpha value is -1.19. The Labute approximate surface area is 149 Å². The molecule has 0 spiro atoms. The summed E-state index contributed by atoms with van der Waals surface area (Å²) in [5, 5.41) is 0. The lowest BCUT2D eigenvalue weighted by atomic mass is 10.0. The molecule has 142 valence electrons. The van der Waals surface area contributed by atoms with Crippen LogP contribution in [0.5, 0.6) is 0 Å². The van der Waals surface area contributed by atoms with E-state index in [9.17, 15) is 18.0 Å². The van der Waals surface area contributed by atoms with Crippen LogP contribution in [-0.2, 0) is 24.2 Å². The Morgan fingerprint density at radius 1 is 1.16 bits per heavy atom. The van der Waals surface area contributed by atoms with Crippen molar-refractivity contribution in [3.05, 3.63) is 0 Å². The van der Waals surface area contributed by atoms with E-state index in [1.807, 2.05) is 0 Å². The molecule has 0 radical (unpaired) electrons. The fourth-order valence-corrected chi connectivity index (χ4v) is 6.15. The Morgan fingerprint density at radius 2 is 1.92 bits per heavy atom. The Morgan fingerprint density at radius 3 is 2.60 bits per heavy atom. The van der Waals surface area contributed by atoms with Crippen molar-refractivity contribution in [2.75, 3.05) is 57.9 Å². The standard InChI is InChI=1S/C16H27N3O5S/c1-24-10-9-17-7-8-19(14-12-25(22,23)11-13(14)17)16(21)4-6-18-5-2-3-15(18)20/h13-14H,2-12H2,1H3/t13-,14+/m0/s1. The third kappa shape index (κ3) is 4.15. The van der Waals surface area contributed by atoms with Crippen LogP contribution in [0.15, 0.2) is 0 Å². The van der Waals surface area contributed by atoms with Gasteiger partial charge in [0.1, 0.15) is 0 Å². The summed E-state index contributed by atoms with van der Waals surface area (Å²) in [5.41, 5.74) is 0. The first-order valence-corrected chi connectivity index (χ1v) is 10.7. The summed E-state index contributed by atoms with van der Waals surface area (Å²) < 4.78 is 29.4. The molecule has 3 aliphatic rings. The zero-order chi connectivity index (χ0) is 18.0. The highest BCUT2D eigenvalue weighted by atomic mass is 32.2. The van der Waals surface area contributed by atoms with Crippen LogP contribution >= 0.6 is 0 Å². The third-order valence-corrected chi connectivity index (χ3v) is 7.16. The van der Waals surface area contributed by atoms with Crippen molar-refractivity contribution in [2.24, 2.45) is 0 Å². The number of amides is 2. The molecule has 25 heavy (non-hydrogen) atoms. The number of fused-ring (bicyclic) bond motifs is 1. The first-order chi connectivity index (χ1) is 11.9. The van der Waals surface area contributed by atoms with E-state index in [1.165, 1.54) is 0 Å². The average molecular weight is 373 g/mol. The largest absolute Gasteiger partial charge is 0.383 e. The Kier molecular flexibility index (Phi) is 5.65. The number of ether oxygens (including phenoxy) is 1. The zero-order valence-corrected chi connectivity index (χ0v) is 15.5. The van der Waals surface area contributed by atoms with Crippen LogP contribution in [0.4, 0.5) is 0 Å². The van der Waals surface area contributed by atoms with Gasteiger partial charge < -0.3 is 14.5 Å². The highest BCUT2D eigenvalue weighted by molar-refractivity contribution is 7.91. The molecule has 2 amide bonds. The molecule has 3 rings (SSSR count). The molecule has 3 saturated heterocycles. The van der Waals surface area contributed by atoms with Crippen molar-refractivity contribution in [2.45, 2.75) is 31.3 Å². The maximum absolute atomic E-state index is 12.7. The number of sulfone groups is 1. The molecule has 0 bridgehead atoms. The topological polar surface area (TPSA) is 87.2 Å². The fourth-order valence-electron chi connectivity index (χ4n) is 4.14. The van der Waals surface area contributed by atoms with Gasteiger partial charge in [-0.1, -0.05) is 0 Å². The van der Waals surface area contributed by atoms with E-state index in [0.29, 0.717) is 39.2 Å². The first-order valence-electron chi connectivity index (χ1n) is 8.92. The summed E-state index contributed by atoms with van der Waals surface area (Å²) in [7, 11) is -1.51. The van der Waals surface area contributed by atoms with Gasteiger partial charge in [-0.3, -0.25) is 14.5 Å². The quantitative estimate of drug-likeness (QED) is 0.591. The van der Waals surface area contributed by atoms with Crippen molar-refractivity contribution in [1.82, 2.24) is 14.7 Å². The highest BCUT2D eigenvalue weighted by Crippen LogP contribution is 2.27. The minimum atomic E-state index is -3.13. The smallest absolute Gasteiger partial charge is 0.224 e. The van der Waals surface area contributed by atoms with Crippen LogP contribution in [0, 0.1) is 0 Å². The van der Waals surface area contributed by atoms with E-state index in [-0.39, 0.29) is 41.8 Å². The number of likely N-dealkylation sites (tertiary alicyclic amines) is 1. The summed E-state index contributed by atoms with van der Waals surface area (Å²) in [6, 6.07) is -0.427. The number of hydrogen-bond acceptors (Lipinski definition) is 6. The molecule has 0 N–H and O–H groups in total. The van der Waals surface area contributed by atoms with Crippen molar-refractivity contribution in [3.8, 4) is 0 Å². The predicted molar refractivity (Wildman–Crippen MR) is 91.8 cm³/mol. The van der Waals surface area contributed by atoms with Crippen molar-refractivity contribution in [1.29, 1.82) is 0 Å². The normalized spacial score (nSPS) is 29.2. The summed E-state index contributed by atoms with van der Waals surface area (Å²) in [5.74, 6) is 0.211. The number of piperazine rings is 1. The minimum Gasteiger partial charge on any atom is -0.383 e. The van der Waals surface area contributed by atoms with Crippen LogP contribution in [0.1, 0.15) is 19.3 Å². The first kappa shape index (κ1) is 18.6. The van der Waals surface area contributed by atoms with Gasteiger partial charge in [0.2, 0.25) is 11.8 Å². The van der Waals surface area contributed by atoms with E-state index in [4.69, 9.17) is 4.74 Å². The van der Waals surface area contributed by atoms with E-state index in [0.717, 1.165) is 13.0 Å². The number of rotatable bonds is 6. The molecule has 9 heteroatoms. The maximum atomic E-state index is 12.7. The minimum absolute atomic E-state index is 0.0372. The lowest BCUT2D eigenvalue weighted by Gasteiger charge is -2.44. The van der Waals surface area contributed by atoms with Gasteiger partial charge in [-0.2, -0.15) is 0 Å². The fraction of sp³-hybridized carbons (Fsp3) is 0.875. The number of carbonyl (C=O) groups excluding carboxylic acids is 2. The monoisotopic (exact) mass is 373 g/mol. The maximum Gasteiger partial charge on any atom is 0.224 e. The molecule has 0 saturated carbocycles. The molecule has 3 aliphatic heterocycles. The second-order valence-electron chi connectivity index (χ2n) is 7.06. The summed E-state index contributed by atoms with van der Waals surface area (Å²) in [6.07, 6.45) is 1.69. The molecule has 3 heterocycles. The molecule has 0 unspecified atom stereocenters. The van der Waals surface area contributed by atoms with Crippen LogP contribution in [0.2, 0.25) is 0 Å². The van der Waals surface area contributed by atoms with Gasteiger partial charge in [0.05, 0.1) is 24.2 Å². The van der Waals surface area contributed by atoms with E-state index >= 15 is 0 Å². The molecule has 2 atom stereocenters. The van der Waals surface area contributed by atoms with Gasteiger partial charge in [-0.15, -0.1) is 0 Å². The Balaban J connectivity index is 1.63. The summed E-state index contributed by atoms with van der Waals surface area (Å²) in [4.78, 5) is 30.0. The number of carbonyl (C=O) groups is 2. The van der Waals surface area contributed by atoms with Gasteiger partial charge in [0, 0.05) is 58.7 Å². The van der Waals surface area contributed by atoms with Gasteiger partial charge in [-0.05, 0) is 6.42 Å². The predicted octanol–water partition coefficient (Wildman–Crippen LogP) is -1.04. The number of methoxy groups -OCH3 is 1. The lowest BCUT2D eigenvalue weighted by molar-refractivity contribution is -0.138. The number of hydrogen-bond donors (Lipinski definition) is 0. The second-order valence-corrected chi connectivity index (χ2v) is 9.22. The van der Waals surface area contributed by atoms with Gasteiger partial charge in [0.15, 0.2) is 9.84 Å². The second kappa shape index (κ2) is 7.59. The van der Waals surface area contributed by atoms with Gasteiger partial charge in [0.25, 0.3) is 0 Å². The molecular formula is C16H27N3O5S. The van der Waals surface area contributed by atoms with Crippen LogP contribution in [0.25, 0.3) is 0 Å². The van der Waals surface area contributed by atoms with Gasteiger partial charge >= 0.3 is 0 Å². The van der Waals surface area contributed by atoms with E-state index < -0.39 is 9.84 Å². The molecule has 3 fully saturated rings. The van der Waals surface area contributed by atoms with Crippen LogP contribution in [0.3, 0.4) is 0 Å². The summed E-state index contributed by atoms with van der Waals surface area (Å²) >= 11 is 0. The highest BCUT2D eigenvalue weighted by Gasteiger charge is 2.47. The van der Waals surface area contributed by atoms with Gasteiger partial charge in [-0.25, -0.2) is 8.42 Å². The Bertz CT molecular complexity index is 623. The SMILES string of the molecule is COCCN1CCN(C(=O)CCN2CCCC2=O)[C@@H]2CS(=O)(=O)C[C@@H]21. The zero-order valence-electron chi connectivity index (χ0n) is 14.7. The molecule has 0 aromatic rings. The van der Waals surface area contributed by atoms with Crippen LogP contribution < -0.4 is 0 Å².